The largest absolute Gasteiger partial charge is 0.472 e. The van der Waals surface area contributed by atoms with Crippen molar-refractivity contribution in [1.29, 1.82) is 0 Å². The Balaban J connectivity index is 1.60. The number of aliphatic hydroxyl groups excluding tert-OH is 1. The topological polar surface area (TPSA) is 115 Å². The monoisotopic (exact) mass is 544 g/mol. The van der Waals surface area contributed by atoms with Crippen molar-refractivity contribution in [2.24, 2.45) is 5.92 Å². The minimum Gasteiger partial charge on any atom is -0.472 e. The van der Waals surface area contributed by atoms with Crippen molar-refractivity contribution >= 4 is 28.4 Å². The van der Waals surface area contributed by atoms with Crippen LogP contribution in [0.1, 0.15) is 43.6 Å². The highest BCUT2D eigenvalue weighted by Gasteiger charge is 2.34. The maximum Gasteiger partial charge on any atom is 0.321 e. The number of aliphatic hydroxyl groups is 2. The first kappa shape index (κ1) is 28.9. The SMILES string of the molecule is C[C@H](CO)N1C[C@H](C)[C@H](CN(C)C(=O)Nc2cccc3ccccc23)Oc2ncc(C#CC(C)(C)O)cc2C1=O. The highest BCUT2D eigenvalue weighted by Crippen LogP contribution is 2.28. The Morgan fingerprint density at radius 3 is 2.73 bits per heavy atom. The third-order valence-corrected chi connectivity index (χ3v) is 6.87. The van der Waals surface area contributed by atoms with Crippen LogP contribution in [-0.2, 0) is 0 Å². The van der Waals surface area contributed by atoms with Crippen molar-refractivity contribution in [3.05, 3.63) is 65.9 Å². The summed E-state index contributed by atoms with van der Waals surface area (Å²) in [6.07, 6.45) is 0.995. The summed E-state index contributed by atoms with van der Waals surface area (Å²) in [5, 5.41) is 24.8. The number of hydrogen-bond acceptors (Lipinski definition) is 6. The summed E-state index contributed by atoms with van der Waals surface area (Å²) in [7, 11) is 1.69. The van der Waals surface area contributed by atoms with Gasteiger partial charge in [-0.05, 0) is 38.3 Å². The van der Waals surface area contributed by atoms with Crippen molar-refractivity contribution in [1.82, 2.24) is 14.8 Å². The van der Waals surface area contributed by atoms with Gasteiger partial charge in [0.05, 0.1) is 24.9 Å². The Morgan fingerprint density at radius 1 is 1.27 bits per heavy atom. The fourth-order valence-corrected chi connectivity index (χ4v) is 4.51. The molecule has 40 heavy (non-hydrogen) atoms. The molecular weight excluding hydrogens is 508 g/mol. The lowest BCUT2D eigenvalue weighted by Gasteiger charge is -2.37. The minimum atomic E-state index is -1.21. The quantitative estimate of drug-likeness (QED) is 0.422. The average Bonchev–Trinajstić information content (AvgIpc) is 2.93. The maximum absolute atomic E-state index is 13.6. The van der Waals surface area contributed by atoms with Gasteiger partial charge in [0.15, 0.2) is 0 Å². The second-order valence-corrected chi connectivity index (χ2v) is 10.8. The lowest BCUT2D eigenvalue weighted by molar-refractivity contribution is 0.0356. The van der Waals surface area contributed by atoms with E-state index < -0.39 is 17.7 Å². The van der Waals surface area contributed by atoms with Crippen LogP contribution in [0.15, 0.2) is 54.7 Å². The van der Waals surface area contributed by atoms with Crippen LogP contribution in [0.5, 0.6) is 5.88 Å². The molecule has 9 heteroatoms. The van der Waals surface area contributed by atoms with E-state index in [9.17, 15) is 19.8 Å². The van der Waals surface area contributed by atoms with E-state index in [1.54, 1.807) is 43.7 Å². The van der Waals surface area contributed by atoms with E-state index in [2.05, 4.69) is 22.1 Å². The van der Waals surface area contributed by atoms with Crippen LogP contribution in [0.25, 0.3) is 10.8 Å². The van der Waals surface area contributed by atoms with Gasteiger partial charge in [0.25, 0.3) is 5.91 Å². The van der Waals surface area contributed by atoms with Crippen LogP contribution in [0.3, 0.4) is 0 Å². The van der Waals surface area contributed by atoms with Crippen molar-refractivity contribution < 1.29 is 24.5 Å². The second-order valence-electron chi connectivity index (χ2n) is 10.8. The molecular formula is C31H36N4O5. The Kier molecular flexibility index (Phi) is 8.62. The molecule has 0 aliphatic carbocycles. The van der Waals surface area contributed by atoms with Gasteiger partial charge >= 0.3 is 6.03 Å². The third-order valence-electron chi connectivity index (χ3n) is 6.87. The first-order valence-electron chi connectivity index (χ1n) is 13.3. The molecule has 2 heterocycles. The fraction of sp³-hybridized carbons (Fsp3) is 0.387. The van der Waals surface area contributed by atoms with Gasteiger partial charge in [0, 0.05) is 36.7 Å². The number of anilines is 1. The zero-order chi connectivity index (χ0) is 29.0. The molecule has 3 atom stereocenters. The summed E-state index contributed by atoms with van der Waals surface area (Å²) in [5.74, 6) is 5.20. The molecule has 4 rings (SSSR count). The molecule has 0 saturated carbocycles. The number of aromatic nitrogens is 1. The predicted molar refractivity (Wildman–Crippen MR) is 154 cm³/mol. The molecule has 1 aliphatic heterocycles. The van der Waals surface area contributed by atoms with Crippen LogP contribution < -0.4 is 10.1 Å². The molecule has 0 saturated heterocycles. The first-order chi connectivity index (χ1) is 19.0. The number of benzene rings is 2. The number of likely N-dealkylation sites (N-methyl/N-ethyl adjacent to an activating group) is 1. The number of nitrogens with one attached hydrogen (secondary N) is 1. The Labute approximate surface area is 234 Å². The smallest absolute Gasteiger partial charge is 0.321 e. The molecule has 1 aliphatic rings. The van der Waals surface area contributed by atoms with Gasteiger partial charge in [-0.1, -0.05) is 55.2 Å². The number of carbonyl (C=O) groups is 2. The van der Waals surface area contributed by atoms with E-state index in [4.69, 9.17) is 4.74 Å². The lowest BCUT2D eigenvalue weighted by atomic mass is 10.00. The third kappa shape index (κ3) is 6.71. The molecule has 0 fully saturated rings. The van der Waals surface area contributed by atoms with Crippen LogP contribution in [0.4, 0.5) is 10.5 Å². The number of hydrogen-bond donors (Lipinski definition) is 3. The van der Waals surface area contributed by atoms with E-state index in [0.29, 0.717) is 17.8 Å². The second kappa shape index (κ2) is 11.9. The molecule has 3 aromatic rings. The number of rotatable bonds is 5. The van der Waals surface area contributed by atoms with Crippen molar-refractivity contribution in [3.8, 4) is 17.7 Å². The van der Waals surface area contributed by atoms with Crippen molar-refractivity contribution in [2.45, 2.75) is 45.4 Å². The number of ether oxygens (including phenoxy) is 1. The zero-order valence-electron chi connectivity index (χ0n) is 23.5. The van der Waals surface area contributed by atoms with Crippen LogP contribution >= 0.6 is 0 Å². The molecule has 0 unspecified atom stereocenters. The molecule has 3 amide bonds. The van der Waals surface area contributed by atoms with E-state index in [1.807, 2.05) is 49.4 Å². The summed E-state index contributed by atoms with van der Waals surface area (Å²) >= 11 is 0. The van der Waals surface area contributed by atoms with Gasteiger partial charge in [-0.15, -0.1) is 0 Å². The van der Waals surface area contributed by atoms with Gasteiger partial charge in [-0.25, -0.2) is 9.78 Å². The molecule has 0 bridgehead atoms. The standard InChI is InChI=1S/C31H36N4O5/c1-20-17-35(21(2)19-36)29(37)25-15-22(13-14-31(3,4)39)16-32-28(25)40-27(20)18-34(5)30(38)33-26-12-8-10-23-9-6-7-11-24(23)26/h6-12,15-16,20-21,27,36,39H,17-19H2,1-5H3,(H,33,38)/t20-,21+,27-/m0/s1. The number of fused-ring (bicyclic) bond motifs is 2. The molecule has 2 aromatic carbocycles. The van der Waals surface area contributed by atoms with Crippen molar-refractivity contribution in [3.63, 3.8) is 0 Å². The molecule has 3 N–H and O–H groups in total. The fourth-order valence-electron chi connectivity index (χ4n) is 4.51. The number of urea groups is 1. The van der Waals surface area contributed by atoms with Crippen LogP contribution in [-0.4, -0.2) is 81.4 Å². The lowest BCUT2D eigenvalue weighted by Crippen LogP contribution is -2.50. The van der Waals surface area contributed by atoms with Crippen molar-refractivity contribution in [2.75, 3.05) is 32.1 Å². The number of amides is 3. The van der Waals surface area contributed by atoms with Gasteiger partial charge in [0.1, 0.15) is 17.3 Å². The van der Waals surface area contributed by atoms with E-state index in [1.165, 1.54) is 6.20 Å². The van der Waals surface area contributed by atoms with Gasteiger partial charge in [-0.3, -0.25) is 4.79 Å². The normalized spacial score (nSPS) is 18.0. The predicted octanol–water partition coefficient (Wildman–Crippen LogP) is 3.74. The molecule has 1 aromatic heterocycles. The van der Waals surface area contributed by atoms with Gasteiger partial charge < -0.3 is 30.1 Å². The van der Waals surface area contributed by atoms with Crippen LogP contribution in [0, 0.1) is 17.8 Å². The van der Waals surface area contributed by atoms with Crippen LogP contribution in [0.2, 0.25) is 0 Å². The van der Waals surface area contributed by atoms with E-state index >= 15 is 0 Å². The molecule has 0 radical (unpaired) electrons. The highest BCUT2D eigenvalue weighted by atomic mass is 16.5. The summed E-state index contributed by atoms with van der Waals surface area (Å²) < 4.78 is 6.28. The Morgan fingerprint density at radius 2 is 2.00 bits per heavy atom. The summed E-state index contributed by atoms with van der Waals surface area (Å²) in [6.45, 7) is 7.18. The number of nitrogens with zero attached hydrogens (tertiary/aromatic N) is 3. The maximum atomic E-state index is 13.6. The van der Waals surface area contributed by atoms with E-state index in [-0.39, 0.29) is 42.5 Å². The zero-order valence-corrected chi connectivity index (χ0v) is 23.5. The summed E-state index contributed by atoms with van der Waals surface area (Å²) in [5.41, 5.74) is 0.163. The summed E-state index contributed by atoms with van der Waals surface area (Å²) in [4.78, 5) is 34.3. The summed E-state index contributed by atoms with van der Waals surface area (Å²) in [6, 6.07) is 14.4. The van der Waals surface area contributed by atoms with Gasteiger partial charge in [-0.2, -0.15) is 0 Å². The minimum absolute atomic E-state index is 0.133. The Bertz CT molecular complexity index is 1450. The number of carbonyl (C=O) groups excluding carboxylic acids is 2. The molecule has 9 nitrogen and oxygen atoms in total. The molecule has 0 spiro atoms. The Hall–Kier alpha value is -4.13. The van der Waals surface area contributed by atoms with Gasteiger partial charge in [0.2, 0.25) is 5.88 Å². The first-order valence-corrected chi connectivity index (χ1v) is 13.3. The number of pyridine rings is 1. The highest BCUT2D eigenvalue weighted by molar-refractivity contribution is 6.01. The average molecular weight is 545 g/mol. The van der Waals surface area contributed by atoms with E-state index in [0.717, 1.165) is 10.8 Å². The molecule has 210 valence electrons.